The van der Waals surface area contributed by atoms with E-state index in [2.05, 4.69) is 76.0 Å². The Balaban J connectivity index is 1.28. The van der Waals surface area contributed by atoms with Crippen LogP contribution in [0.4, 0.5) is 0 Å². The summed E-state index contributed by atoms with van der Waals surface area (Å²) in [5, 5.41) is 0. The molecular formula is C29H30N2O. The van der Waals surface area contributed by atoms with Crippen molar-refractivity contribution in [1.29, 1.82) is 0 Å². The van der Waals surface area contributed by atoms with E-state index in [1.807, 2.05) is 12.4 Å². The molecule has 3 heteroatoms. The Kier molecular flexibility index (Phi) is 5.33. The van der Waals surface area contributed by atoms with Gasteiger partial charge < -0.3 is 9.64 Å². The normalized spacial score (nSPS) is 35.0. The molecule has 32 heavy (non-hydrogen) atoms. The van der Waals surface area contributed by atoms with Gasteiger partial charge in [-0.2, -0.15) is 0 Å². The van der Waals surface area contributed by atoms with Gasteiger partial charge in [0.1, 0.15) is 6.10 Å². The first-order valence-corrected chi connectivity index (χ1v) is 12.1. The van der Waals surface area contributed by atoms with Gasteiger partial charge in [-0.05, 0) is 74.3 Å². The van der Waals surface area contributed by atoms with E-state index in [9.17, 15) is 0 Å². The fraction of sp³-hybridized carbons (Fsp3) is 0.414. The Morgan fingerprint density at radius 1 is 1.00 bits per heavy atom. The zero-order valence-corrected chi connectivity index (χ0v) is 18.5. The predicted octanol–water partition coefficient (Wildman–Crippen LogP) is 5.88. The molecule has 0 bridgehead atoms. The van der Waals surface area contributed by atoms with Crippen LogP contribution in [0.2, 0.25) is 0 Å². The van der Waals surface area contributed by atoms with Gasteiger partial charge in [0.25, 0.3) is 0 Å². The second-order valence-electron chi connectivity index (χ2n) is 9.44. The molecule has 0 radical (unpaired) electrons. The number of nitrogens with zero attached hydrogens (tertiary/aromatic N) is 2. The summed E-state index contributed by atoms with van der Waals surface area (Å²) >= 11 is 0. The molecule has 0 aromatic rings. The van der Waals surface area contributed by atoms with Gasteiger partial charge in [0.05, 0.1) is 18.2 Å². The van der Waals surface area contributed by atoms with Crippen LogP contribution < -0.4 is 0 Å². The van der Waals surface area contributed by atoms with E-state index in [0.29, 0.717) is 12.0 Å². The molecule has 2 heterocycles. The maximum Gasteiger partial charge on any atom is 0.109 e. The van der Waals surface area contributed by atoms with Crippen molar-refractivity contribution in [2.24, 2.45) is 10.9 Å². The van der Waals surface area contributed by atoms with E-state index in [1.54, 1.807) is 0 Å². The zero-order valence-electron chi connectivity index (χ0n) is 18.5. The number of rotatable bonds is 3. The Bertz CT molecular complexity index is 1100. The summed E-state index contributed by atoms with van der Waals surface area (Å²) in [5.74, 6) is 0.525. The van der Waals surface area contributed by atoms with Crippen molar-refractivity contribution in [2.75, 3.05) is 0 Å². The second kappa shape index (κ2) is 8.60. The van der Waals surface area contributed by atoms with Crippen molar-refractivity contribution >= 4 is 6.21 Å². The summed E-state index contributed by atoms with van der Waals surface area (Å²) in [6.07, 6.45) is 32.6. The monoisotopic (exact) mass is 422 g/mol. The van der Waals surface area contributed by atoms with Gasteiger partial charge in [0.15, 0.2) is 0 Å². The highest BCUT2D eigenvalue weighted by Crippen LogP contribution is 2.39. The zero-order chi connectivity index (χ0) is 21.3. The van der Waals surface area contributed by atoms with Gasteiger partial charge >= 0.3 is 0 Å². The van der Waals surface area contributed by atoms with Crippen LogP contribution in [0, 0.1) is 5.92 Å². The number of aliphatic imine (C=N–C) groups is 1. The van der Waals surface area contributed by atoms with Crippen molar-refractivity contribution in [3.05, 3.63) is 94.8 Å². The van der Waals surface area contributed by atoms with Crippen LogP contribution >= 0.6 is 0 Å². The molecular weight excluding hydrogens is 392 g/mol. The molecule has 4 aliphatic carbocycles. The smallest absolute Gasteiger partial charge is 0.109 e. The van der Waals surface area contributed by atoms with E-state index in [4.69, 9.17) is 4.74 Å². The van der Waals surface area contributed by atoms with Crippen LogP contribution in [0.25, 0.3) is 0 Å². The minimum atomic E-state index is 0.0574. The summed E-state index contributed by atoms with van der Waals surface area (Å²) in [7, 11) is 0. The molecule has 0 saturated carbocycles. The lowest BCUT2D eigenvalue weighted by Crippen LogP contribution is -2.59. The molecule has 0 aromatic heterocycles. The van der Waals surface area contributed by atoms with E-state index >= 15 is 0 Å². The van der Waals surface area contributed by atoms with Gasteiger partial charge in [0, 0.05) is 24.0 Å². The molecule has 0 spiro atoms. The van der Waals surface area contributed by atoms with Gasteiger partial charge in [-0.15, -0.1) is 0 Å². The molecule has 1 saturated heterocycles. The van der Waals surface area contributed by atoms with Crippen LogP contribution in [0.15, 0.2) is 99.8 Å². The summed E-state index contributed by atoms with van der Waals surface area (Å²) in [4.78, 5) is 6.89. The second-order valence-corrected chi connectivity index (χ2v) is 9.44. The quantitative estimate of drug-likeness (QED) is 0.419. The molecule has 6 aliphatic rings. The Morgan fingerprint density at radius 2 is 1.97 bits per heavy atom. The lowest BCUT2D eigenvalue weighted by atomic mass is 9.83. The third kappa shape index (κ3) is 3.67. The first-order chi connectivity index (χ1) is 15.9. The highest BCUT2D eigenvalue weighted by Gasteiger charge is 2.43. The molecule has 2 aliphatic heterocycles. The molecule has 4 unspecified atom stereocenters. The Hall–Kier alpha value is -2.83. The van der Waals surface area contributed by atoms with Crippen LogP contribution in [-0.2, 0) is 4.74 Å². The molecule has 0 N–H and O–H groups in total. The van der Waals surface area contributed by atoms with Crippen LogP contribution in [0.1, 0.15) is 44.9 Å². The Labute approximate surface area is 190 Å². The van der Waals surface area contributed by atoms with Crippen LogP contribution in [0.3, 0.4) is 0 Å². The molecule has 0 aromatic carbocycles. The highest BCUT2D eigenvalue weighted by molar-refractivity contribution is 5.61. The van der Waals surface area contributed by atoms with Crippen LogP contribution in [-0.4, -0.2) is 35.4 Å². The third-order valence-electron chi connectivity index (χ3n) is 7.56. The van der Waals surface area contributed by atoms with Crippen molar-refractivity contribution in [2.45, 2.75) is 69.2 Å². The number of fused-ring (bicyclic) bond motifs is 2. The Morgan fingerprint density at radius 3 is 2.84 bits per heavy atom. The number of morpholine rings is 1. The minimum Gasteiger partial charge on any atom is -0.362 e. The van der Waals surface area contributed by atoms with E-state index in [-0.39, 0.29) is 18.2 Å². The standard InChI is InChI=1S/C29H30N2O/c1-3-10-28-26(8-1)31(27-9-2-4-11-29(27)32-28)25-7-5-6-24(20-25)22-14-12-21(13-15-22)23-16-18-30-19-17-23/h3,6,9-12,14,16,18-20,23,26-29H,1,5,7-8,13,15,17H2/t23?,26?,27-,28?,29?/m0/s1. The number of hydrogen-bond acceptors (Lipinski definition) is 3. The minimum absolute atomic E-state index is 0.0574. The molecule has 1 fully saturated rings. The maximum absolute atomic E-state index is 6.43. The summed E-state index contributed by atoms with van der Waals surface area (Å²) in [6.45, 7) is 0. The SMILES string of the molecule is C1=C=C[C@H]2C(C=1)OC1C=CCCC1N2C1=CC(C2=CC=C(C3C=CN=CC3)CC2)=CCC1. The van der Waals surface area contributed by atoms with Gasteiger partial charge in [-0.1, -0.05) is 53.5 Å². The number of allylic oxidation sites excluding steroid dienone is 10. The van der Waals surface area contributed by atoms with Gasteiger partial charge in [0.2, 0.25) is 0 Å². The topological polar surface area (TPSA) is 24.8 Å². The summed E-state index contributed by atoms with van der Waals surface area (Å²) < 4.78 is 6.43. The maximum atomic E-state index is 6.43. The third-order valence-corrected chi connectivity index (χ3v) is 7.56. The first kappa shape index (κ1) is 19.8. The average molecular weight is 423 g/mol. The summed E-state index contributed by atoms with van der Waals surface area (Å²) in [6, 6.07) is 0.629. The predicted molar refractivity (Wildman–Crippen MR) is 129 cm³/mol. The lowest BCUT2D eigenvalue weighted by Gasteiger charge is -2.51. The van der Waals surface area contributed by atoms with Crippen LogP contribution in [0.5, 0.6) is 0 Å². The fourth-order valence-electron chi connectivity index (χ4n) is 5.90. The largest absolute Gasteiger partial charge is 0.362 e. The van der Waals surface area contributed by atoms with Crippen molar-refractivity contribution in [3.8, 4) is 0 Å². The molecule has 162 valence electrons. The van der Waals surface area contributed by atoms with Gasteiger partial charge in [-0.25, -0.2) is 0 Å². The summed E-state index contributed by atoms with van der Waals surface area (Å²) in [5.41, 5.74) is 12.2. The van der Waals surface area contributed by atoms with Gasteiger partial charge in [-0.3, -0.25) is 4.99 Å². The molecule has 6 rings (SSSR count). The van der Waals surface area contributed by atoms with E-state index < -0.39 is 0 Å². The van der Waals surface area contributed by atoms with Crippen molar-refractivity contribution < 1.29 is 4.74 Å². The molecule has 3 nitrogen and oxygen atoms in total. The first-order valence-electron chi connectivity index (χ1n) is 12.1. The van der Waals surface area contributed by atoms with Crippen molar-refractivity contribution in [3.63, 3.8) is 0 Å². The van der Waals surface area contributed by atoms with E-state index in [0.717, 1.165) is 44.9 Å². The highest BCUT2D eigenvalue weighted by atomic mass is 16.5. The van der Waals surface area contributed by atoms with Crippen molar-refractivity contribution in [1.82, 2.24) is 4.90 Å². The number of hydrogen-bond donors (Lipinski definition) is 0. The number of ether oxygens (including phenoxy) is 1. The fourth-order valence-corrected chi connectivity index (χ4v) is 5.90. The average Bonchev–Trinajstić information content (AvgIpc) is 2.88. The van der Waals surface area contributed by atoms with E-state index in [1.165, 1.54) is 22.4 Å². The molecule has 0 amide bonds. The molecule has 5 atom stereocenters. The lowest BCUT2D eigenvalue weighted by molar-refractivity contribution is -0.0953.